The van der Waals surface area contributed by atoms with Crippen molar-refractivity contribution in [1.82, 2.24) is 14.8 Å². The molecule has 0 atom stereocenters. The lowest BCUT2D eigenvalue weighted by molar-refractivity contribution is 0.262. The Morgan fingerprint density at radius 1 is 1.04 bits per heavy atom. The molecule has 0 saturated carbocycles. The Bertz CT molecular complexity index is 1090. The summed E-state index contributed by atoms with van der Waals surface area (Å²) in [5, 5.41) is 14.0. The molecule has 0 saturated heterocycles. The number of hydrogen-bond donors (Lipinski definition) is 3. The lowest BCUT2D eigenvalue weighted by atomic mass is 10.1. The molecular weight excluding hydrogens is 326 g/mol. The number of H-pyrrole nitrogens is 1. The maximum Gasteiger partial charge on any atom is 0.323 e. The van der Waals surface area contributed by atoms with E-state index in [1.807, 2.05) is 79.3 Å². The number of nitrogens with zero attached hydrogens (tertiary/aromatic N) is 2. The summed E-state index contributed by atoms with van der Waals surface area (Å²) in [6.07, 6.45) is 2.00. The van der Waals surface area contributed by atoms with E-state index in [9.17, 15) is 4.79 Å². The van der Waals surface area contributed by atoms with Crippen LogP contribution < -0.4 is 10.6 Å². The molecule has 2 aromatic carbocycles. The predicted molar refractivity (Wildman–Crippen MR) is 104 cm³/mol. The topological polar surface area (TPSA) is 74.7 Å². The van der Waals surface area contributed by atoms with Crippen LogP contribution in [0.5, 0.6) is 0 Å². The molecule has 0 spiro atoms. The summed E-state index contributed by atoms with van der Waals surface area (Å²) in [6, 6.07) is 17.2. The van der Waals surface area contributed by atoms with Crippen LogP contribution in [-0.4, -0.2) is 20.8 Å². The zero-order valence-electron chi connectivity index (χ0n) is 14.6. The Morgan fingerprint density at radius 2 is 1.85 bits per heavy atom. The highest BCUT2D eigenvalue weighted by Gasteiger charge is 2.07. The largest absolute Gasteiger partial charge is 0.351 e. The molecule has 0 aliphatic rings. The summed E-state index contributed by atoms with van der Waals surface area (Å²) in [4.78, 5) is 12.3. The average molecular weight is 345 g/mol. The highest BCUT2D eigenvalue weighted by atomic mass is 16.2. The monoisotopic (exact) mass is 345 g/mol. The second-order valence-corrected chi connectivity index (χ2v) is 6.30. The van der Waals surface area contributed by atoms with Crippen molar-refractivity contribution in [2.45, 2.75) is 6.92 Å². The first-order valence-electron chi connectivity index (χ1n) is 8.34. The minimum absolute atomic E-state index is 0.282. The fourth-order valence-electron chi connectivity index (χ4n) is 2.98. The number of aromatic nitrogens is 3. The standard InChI is InChI=1S/C20H19N5O/c1-13-10-18(24-23-13)14-4-3-5-16(11-14)21-20(26)22-17-6-7-19-15(12-17)8-9-25(19)2/h3-12H,1-2H3,(H,23,24)(H2,21,22,26). The second kappa shape index (κ2) is 6.40. The molecule has 4 aromatic rings. The third-order valence-corrected chi connectivity index (χ3v) is 4.27. The van der Waals surface area contributed by atoms with Crippen LogP contribution in [-0.2, 0) is 7.05 Å². The van der Waals surface area contributed by atoms with E-state index >= 15 is 0 Å². The molecule has 0 unspecified atom stereocenters. The van der Waals surface area contributed by atoms with Crippen LogP contribution in [0.4, 0.5) is 16.2 Å². The van der Waals surface area contributed by atoms with Gasteiger partial charge in [0.2, 0.25) is 0 Å². The minimum Gasteiger partial charge on any atom is -0.351 e. The van der Waals surface area contributed by atoms with Gasteiger partial charge in [-0.25, -0.2) is 4.79 Å². The predicted octanol–water partition coefficient (Wildman–Crippen LogP) is 4.52. The van der Waals surface area contributed by atoms with Gasteiger partial charge in [-0.2, -0.15) is 5.10 Å². The molecule has 4 rings (SSSR count). The van der Waals surface area contributed by atoms with Crippen LogP contribution in [0.15, 0.2) is 60.8 Å². The molecule has 0 bridgehead atoms. The molecule has 26 heavy (non-hydrogen) atoms. The lowest BCUT2D eigenvalue weighted by Gasteiger charge is -2.09. The van der Waals surface area contributed by atoms with Crippen LogP contribution in [0, 0.1) is 6.92 Å². The maximum absolute atomic E-state index is 12.3. The zero-order valence-corrected chi connectivity index (χ0v) is 14.6. The van der Waals surface area contributed by atoms with Gasteiger partial charge in [-0.1, -0.05) is 12.1 Å². The van der Waals surface area contributed by atoms with Gasteiger partial charge >= 0.3 is 6.03 Å². The minimum atomic E-state index is -0.282. The first-order chi connectivity index (χ1) is 12.6. The van der Waals surface area contributed by atoms with E-state index in [0.717, 1.165) is 33.5 Å². The van der Waals surface area contributed by atoms with Crippen molar-refractivity contribution in [1.29, 1.82) is 0 Å². The van der Waals surface area contributed by atoms with Crippen molar-refractivity contribution in [3.05, 3.63) is 66.5 Å². The Kier molecular flexibility index (Phi) is 3.93. The van der Waals surface area contributed by atoms with Gasteiger partial charge in [0.25, 0.3) is 0 Å². The van der Waals surface area contributed by atoms with Crippen LogP contribution >= 0.6 is 0 Å². The first-order valence-corrected chi connectivity index (χ1v) is 8.34. The summed E-state index contributed by atoms with van der Waals surface area (Å²) in [5.74, 6) is 0. The number of nitrogens with one attached hydrogen (secondary N) is 3. The molecule has 2 aromatic heterocycles. The van der Waals surface area contributed by atoms with E-state index < -0.39 is 0 Å². The van der Waals surface area contributed by atoms with Crippen molar-refractivity contribution in [3.63, 3.8) is 0 Å². The van der Waals surface area contributed by atoms with Crippen molar-refractivity contribution in [3.8, 4) is 11.3 Å². The smallest absolute Gasteiger partial charge is 0.323 e. The average Bonchev–Trinajstić information content (AvgIpc) is 3.21. The number of anilines is 2. The van der Waals surface area contributed by atoms with E-state index in [-0.39, 0.29) is 6.03 Å². The van der Waals surface area contributed by atoms with Gasteiger partial charge in [-0.15, -0.1) is 0 Å². The number of carbonyl (C=O) groups excluding carboxylic acids is 1. The fourth-order valence-corrected chi connectivity index (χ4v) is 2.98. The molecule has 0 radical (unpaired) electrons. The van der Waals surface area contributed by atoms with Gasteiger partial charge in [0.1, 0.15) is 0 Å². The summed E-state index contributed by atoms with van der Waals surface area (Å²) >= 11 is 0. The Balaban J connectivity index is 1.49. The van der Waals surface area contributed by atoms with E-state index in [1.165, 1.54) is 0 Å². The number of urea groups is 1. The molecule has 3 N–H and O–H groups in total. The number of aryl methyl sites for hydroxylation is 2. The fraction of sp³-hybridized carbons (Fsp3) is 0.100. The van der Waals surface area contributed by atoms with Gasteiger partial charge in [0.15, 0.2) is 0 Å². The molecular formula is C20H19N5O. The van der Waals surface area contributed by atoms with Crippen LogP contribution in [0.25, 0.3) is 22.2 Å². The quantitative estimate of drug-likeness (QED) is 0.511. The highest BCUT2D eigenvalue weighted by molar-refractivity contribution is 6.01. The van der Waals surface area contributed by atoms with E-state index in [0.29, 0.717) is 5.69 Å². The molecule has 2 heterocycles. The molecule has 130 valence electrons. The summed E-state index contributed by atoms with van der Waals surface area (Å²) in [5.41, 5.74) is 5.37. The van der Waals surface area contributed by atoms with Gasteiger partial charge in [-0.05, 0) is 49.4 Å². The Morgan fingerprint density at radius 3 is 2.62 bits per heavy atom. The Labute approximate surface area is 150 Å². The van der Waals surface area contributed by atoms with Crippen molar-refractivity contribution < 1.29 is 4.79 Å². The van der Waals surface area contributed by atoms with Crippen LogP contribution in [0.3, 0.4) is 0 Å². The number of rotatable bonds is 3. The van der Waals surface area contributed by atoms with E-state index in [4.69, 9.17) is 0 Å². The van der Waals surface area contributed by atoms with E-state index in [1.54, 1.807) is 0 Å². The third-order valence-electron chi connectivity index (χ3n) is 4.27. The number of hydrogen-bond acceptors (Lipinski definition) is 2. The second-order valence-electron chi connectivity index (χ2n) is 6.30. The van der Waals surface area contributed by atoms with Gasteiger partial charge < -0.3 is 15.2 Å². The number of amides is 2. The molecule has 0 fully saturated rings. The van der Waals surface area contributed by atoms with Gasteiger partial charge in [0.05, 0.1) is 5.69 Å². The van der Waals surface area contributed by atoms with Crippen molar-refractivity contribution in [2.24, 2.45) is 7.05 Å². The van der Waals surface area contributed by atoms with Gasteiger partial charge in [0, 0.05) is 46.8 Å². The first kappa shape index (κ1) is 16.0. The van der Waals surface area contributed by atoms with E-state index in [2.05, 4.69) is 20.8 Å². The van der Waals surface area contributed by atoms with Crippen molar-refractivity contribution in [2.75, 3.05) is 10.6 Å². The van der Waals surface area contributed by atoms with Gasteiger partial charge in [-0.3, -0.25) is 5.10 Å². The molecule has 0 aliphatic heterocycles. The zero-order chi connectivity index (χ0) is 18.1. The molecule has 6 heteroatoms. The highest BCUT2D eigenvalue weighted by Crippen LogP contribution is 2.22. The molecule has 0 aliphatic carbocycles. The van der Waals surface area contributed by atoms with Crippen molar-refractivity contribution >= 4 is 28.3 Å². The number of benzene rings is 2. The number of fused-ring (bicyclic) bond motifs is 1. The lowest BCUT2D eigenvalue weighted by Crippen LogP contribution is -2.19. The SMILES string of the molecule is Cc1cc(-c2cccc(NC(=O)Nc3ccc4c(ccn4C)c3)c2)n[nH]1. The molecule has 6 nitrogen and oxygen atoms in total. The summed E-state index contributed by atoms with van der Waals surface area (Å²) in [7, 11) is 2.00. The van der Waals surface area contributed by atoms with Crippen LogP contribution in [0.1, 0.15) is 5.69 Å². The summed E-state index contributed by atoms with van der Waals surface area (Å²) < 4.78 is 2.04. The maximum atomic E-state index is 12.3. The van der Waals surface area contributed by atoms with Crippen LogP contribution in [0.2, 0.25) is 0 Å². The third kappa shape index (κ3) is 3.17. The molecule has 2 amide bonds. The summed E-state index contributed by atoms with van der Waals surface area (Å²) in [6.45, 7) is 1.95. The number of aromatic amines is 1. The Hall–Kier alpha value is -3.54. The normalized spacial score (nSPS) is 10.8. The number of carbonyl (C=O) groups is 1.